The van der Waals surface area contributed by atoms with Gasteiger partial charge in [0.25, 0.3) is 0 Å². The molecule has 4 heteroatoms. The van der Waals surface area contributed by atoms with E-state index in [1.807, 2.05) is 43.5 Å². The first kappa shape index (κ1) is 15.0. The minimum Gasteiger partial charge on any atom is -0.496 e. The van der Waals surface area contributed by atoms with E-state index in [2.05, 4.69) is 16.4 Å². The van der Waals surface area contributed by atoms with Crippen molar-refractivity contribution in [3.8, 4) is 11.8 Å². The fraction of sp³-hybridized carbons (Fsp3) is 0.294. The molecule has 0 saturated heterocycles. The summed E-state index contributed by atoms with van der Waals surface area (Å²) in [6.07, 6.45) is 2.60. The molecule has 0 fully saturated rings. The van der Waals surface area contributed by atoms with Crippen LogP contribution in [0.25, 0.3) is 0 Å². The van der Waals surface area contributed by atoms with E-state index in [0.29, 0.717) is 18.7 Å². The Hall–Kier alpha value is -2.38. The van der Waals surface area contributed by atoms with Gasteiger partial charge >= 0.3 is 0 Å². The highest BCUT2D eigenvalue weighted by molar-refractivity contribution is 5.36. The second-order valence-corrected chi connectivity index (χ2v) is 4.72. The van der Waals surface area contributed by atoms with E-state index < -0.39 is 0 Å². The van der Waals surface area contributed by atoms with Crippen molar-refractivity contribution < 1.29 is 4.74 Å². The lowest BCUT2D eigenvalue weighted by Crippen LogP contribution is -2.14. The molecule has 0 spiro atoms. The molecule has 0 aliphatic carbocycles. The lowest BCUT2D eigenvalue weighted by Gasteiger charge is -2.10. The number of hydrogen-bond acceptors (Lipinski definition) is 4. The Morgan fingerprint density at radius 1 is 1.29 bits per heavy atom. The van der Waals surface area contributed by atoms with Gasteiger partial charge in [-0.2, -0.15) is 5.26 Å². The molecule has 1 heterocycles. The first-order chi connectivity index (χ1) is 10.3. The summed E-state index contributed by atoms with van der Waals surface area (Å²) >= 11 is 0. The van der Waals surface area contributed by atoms with Crippen LogP contribution in [0.1, 0.15) is 29.3 Å². The highest BCUT2D eigenvalue weighted by Crippen LogP contribution is 2.17. The van der Waals surface area contributed by atoms with Gasteiger partial charge in [-0.15, -0.1) is 0 Å². The Morgan fingerprint density at radius 2 is 2.10 bits per heavy atom. The summed E-state index contributed by atoms with van der Waals surface area (Å²) in [6.45, 7) is 3.38. The van der Waals surface area contributed by atoms with Crippen molar-refractivity contribution >= 4 is 0 Å². The zero-order valence-electron chi connectivity index (χ0n) is 12.4. The second kappa shape index (κ2) is 7.41. The van der Waals surface area contributed by atoms with Crippen LogP contribution in [0.2, 0.25) is 0 Å². The normalized spacial score (nSPS) is 10.1. The first-order valence-electron chi connectivity index (χ1n) is 6.99. The molecule has 1 N–H and O–H groups in total. The summed E-state index contributed by atoms with van der Waals surface area (Å²) in [7, 11) is 1.67. The van der Waals surface area contributed by atoms with E-state index >= 15 is 0 Å². The number of nitrogens with one attached hydrogen (secondary N) is 1. The first-order valence-corrected chi connectivity index (χ1v) is 6.99. The van der Waals surface area contributed by atoms with Crippen LogP contribution in [-0.4, -0.2) is 12.1 Å². The van der Waals surface area contributed by atoms with Crippen molar-refractivity contribution in [1.29, 1.82) is 5.26 Å². The molecule has 0 amide bonds. The van der Waals surface area contributed by atoms with E-state index in [1.54, 1.807) is 7.11 Å². The van der Waals surface area contributed by atoms with E-state index in [-0.39, 0.29) is 0 Å². The topological polar surface area (TPSA) is 57.9 Å². The van der Waals surface area contributed by atoms with Crippen LogP contribution >= 0.6 is 0 Å². The number of rotatable bonds is 6. The molecule has 0 unspecified atom stereocenters. The Kier molecular flexibility index (Phi) is 5.30. The summed E-state index contributed by atoms with van der Waals surface area (Å²) in [5.74, 6) is 0.877. The van der Waals surface area contributed by atoms with Gasteiger partial charge in [0.2, 0.25) is 0 Å². The second-order valence-electron chi connectivity index (χ2n) is 4.72. The SMILES string of the molecule is CCc1ncc(CNCc2ccccc2OC)cc1C#N. The average Bonchev–Trinajstić information content (AvgIpc) is 2.55. The lowest BCUT2D eigenvalue weighted by atomic mass is 10.1. The number of para-hydroxylation sites is 1. The molecule has 2 aromatic rings. The lowest BCUT2D eigenvalue weighted by molar-refractivity contribution is 0.407. The molecule has 1 aromatic carbocycles. The third-order valence-electron chi connectivity index (χ3n) is 3.32. The van der Waals surface area contributed by atoms with Crippen molar-refractivity contribution in [3.63, 3.8) is 0 Å². The highest BCUT2D eigenvalue weighted by atomic mass is 16.5. The van der Waals surface area contributed by atoms with Gasteiger partial charge in [-0.3, -0.25) is 4.98 Å². The number of aryl methyl sites for hydroxylation is 1. The summed E-state index contributed by atoms with van der Waals surface area (Å²) in [5, 5.41) is 12.5. The number of benzene rings is 1. The maximum Gasteiger partial charge on any atom is 0.123 e. The number of nitrogens with zero attached hydrogens (tertiary/aromatic N) is 2. The quantitative estimate of drug-likeness (QED) is 0.884. The minimum absolute atomic E-state index is 0.661. The summed E-state index contributed by atoms with van der Waals surface area (Å²) in [4.78, 5) is 4.34. The largest absolute Gasteiger partial charge is 0.496 e. The van der Waals surface area contributed by atoms with Gasteiger partial charge in [-0.05, 0) is 24.1 Å². The summed E-state index contributed by atoms with van der Waals surface area (Å²) in [6, 6.07) is 12.0. The van der Waals surface area contributed by atoms with Gasteiger partial charge in [0, 0.05) is 24.8 Å². The summed E-state index contributed by atoms with van der Waals surface area (Å²) < 4.78 is 5.32. The Balaban J connectivity index is 1.99. The fourth-order valence-electron chi connectivity index (χ4n) is 2.20. The Labute approximate surface area is 125 Å². The summed E-state index contributed by atoms with van der Waals surface area (Å²) in [5.41, 5.74) is 3.64. The number of pyridine rings is 1. The van der Waals surface area contributed by atoms with Gasteiger partial charge in [0.05, 0.1) is 18.4 Å². The monoisotopic (exact) mass is 281 g/mol. The van der Waals surface area contributed by atoms with Gasteiger partial charge in [-0.25, -0.2) is 0 Å². The number of nitriles is 1. The maximum atomic E-state index is 9.12. The van der Waals surface area contributed by atoms with Crippen LogP contribution in [0.15, 0.2) is 36.5 Å². The zero-order valence-corrected chi connectivity index (χ0v) is 12.4. The number of aromatic nitrogens is 1. The van der Waals surface area contributed by atoms with Gasteiger partial charge in [0.15, 0.2) is 0 Å². The van der Waals surface area contributed by atoms with Crippen LogP contribution in [0.5, 0.6) is 5.75 Å². The molecular formula is C17H19N3O. The third kappa shape index (κ3) is 3.80. The third-order valence-corrected chi connectivity index (χ3v) is 3.32. The standard InChI is InChI=1S/C17H19N3O/c1-3-16-15(9-18)8-13(11-20-16)10-19-12-14-6-4-5-7-17(14)21-2/h4-8,11,19H,3,10,12H2,1-2H3. The van der Waals surface area contributed by atoms with E-state index in [1.165, 1.54) is 0 Å². The zero-order chi connectivity index (χ0) is 15.1. The van der Waals surface area contributed by atoms with Crippen molar-refractivity contribution in [2.45, 2.75) is 26.4 Å². The van der Waals surface area contributed by atoms with Gasteiger partial charge in [0.1, 0.15) is 11.8 Å². The maximum absolute atomic E-state index is 9.12. The molecule has 4 nitrogen and oxygen atoms in total. The van der Waals surface area contributed by atoms with Crippen molar-refractivity contribution in [3.05, 3.63) is 58.9 Å². The van der Waals surface area contributed by atoms with E-state index in [0.717, 1.165) is 29.0 Å². The van der Waals surface area contributed by atoms with E-state index in [9.17, 15) is 0 Å². The molecule has 0 aliphatic heterocycles. The molecular weight excluding hydrogens is 262 g/mol. The smallest absolute Gasteiger partial charge is 0.123 e. The van der Waals surface area contributed by atoms with Crippen LogP contribution in [0, 0.1) is 11.3 Å². The molecule has 21 heavy (non-hydrogen) atoms. The van der Waals surface area contributed by atoms with Gasteiger partial charge in [-0.1, -0.05) is 25.1 Å². The molecule has 0 aliphatic rings. The van der Waals surface area contributed by atoms with Crippen LogP contribution in [0.4, 0.5) is 0 Å². The van der Waals surface area contributed by atoms with Crippen LogP contribution in [-0.2, 0) is 19.5 Å². The fourth-order valence-corrected chi connectivity index (χ4v) is 2.20. The number of methoxy groups -OCH3 is 1. The molecule has 0 bridgehead atoms. The molecule has 0 saturated carbocycles. The Bertz CT molecular complexity index is 647. The van der Waals surface area contributed by atoms with Crippen LogP contribution < -0.4 is 10.1 Å². The van der Waals surface area contributed by atoms with Crippen molar-refractivity contribution in [1.82, 2.24) is 10.3 Å². The molecule has 108 valence electrons. The number of ether oxygens (including phenoxy) is 1. The highest BCUT2D eigenvalue weighted by Gasteiger charge is 2.04. The van der Waals surface area contributed by atoms with Crippen molar-refractivity contribution in [2.24, 2.45) is 0 Å². The Morgan fingerprint density at radius 3 is 2.81 bits per heavy atom. The average molecular weight is 281 g/mol. The van der Waals surface area contributed by atoms with Crippen molar-refractivity contribution in [2.75, 3.05) is 7.11 Å². The predicted octanol–water partition coefficient (Wildman–Crippen LogP) is 2.81. The minimum atomic E-state index is 0.661. The predicted molar refractivity (Wildman–Crippen MR) is 81.9 cm³/mol. The number of hydrogen-bond donors (Lipinski definition) is 1. The van der Waals surface area contributed by atoms with Gasteiger partial charge < -0.3 is 10.1 Å². The molecule has 0 radical (unpaired) electrons. The molecule has 0 atom stereocenters. The molecule has 2 rings (SSSR count). The molecule has 1 aromatic heterocycles. The van der Waals surface area contributed by atoms with E-state index in [4.69, 9.17) is 10.00 Å². The van der Waals surface area contributed by atoms with Crippen LogP contribution in [0.3, 0.4) is 0 Å².